The molecule has 15 heteroatoms. The van der Waals surface area contributed by atoms with Gasteiger partial charge in [0.1, 0.15) is 23.7 Å². The summed E-state index contributed by atoms with van der Waals surface area (Å²) >= 11 is 0. The monoisotopic (exact) mass is 587 g/mol. The largest absolute Gasteiger partial charge is 0.478 e. The van der Waals surface area contributed by atoms with Crippen LogP contribution >= 0.6 is 0 Å². The number of amides is 1. The normalized spacial score (nSPS) is 17.8. The summed E-state index contributed by atoms with van der Waals surface area (Å²) in [7, 11) is 0. The number of carbonyl (C=O) groups excluding carboxylic acids is 1. The fourth-order valence-corrected chi connectivity index (χ4v) is 5.00. The Kier molecular flexibility index (Phi) is 7.19. The number of nitrogens with zero attached hydrogens (tertiary/aromatic N) is 7. The minimum absolute atomic E-state index is 0.0496. The van der Waals surface area contributed by atoms with Crippen LogP contribution in [0.25, 0.3) is 11.1 Å². The highest BCUT2D eigenvalue weighted by Gasteiger charge is 2.33. The van der Waals surface area contributed by atoms with Gasteiger partial charge in [-0.2, -0.15) is 0 Å². The minimum Gasteiger partial charge on any atom is -0.478 e. The quantitative estimate of drug-likeness (QED) is 0.224. The van der Waals surface area contributed by atoms with Gasteiger partial charge in [0.25, 0.3) is 5.69 Å². The molecular formula is C28H22FN7O7. The Labute approximate surface area is 242 Å². The molecule has 0 bridgehead atoms. The van der Waals surface area contributed by atoms with Crippen molar-refractivity contribution in [3.63, 3.8) is 0 Å². The Bertz CT molecular complexity index is 1740. The molecule has 14 nitrogen and oxygen atoms in total. The topological polar surface area (TPSA) is 175 Å². The number of non-ortho nitro benzene ring substituents is 1. The summed E-state index contributed by atoms with van der Waals surface area (Å²) in [4.78, 5) is 45.8. The van der Waals surface area contributed by atoms with Crippen LogP contribution in [-0.4, -0.2) is 66.5 Å². The van der Waals surface area contributed by atoms with E-state index >= 15 is 4.39 Å². The van der Waals surface area contributed by atoms with Gasteiger partial charge < -0.3 is 14.7 Å². The second-order valence-electron chi connectivity index (χ2n) is 9.92. The van der Waals surface area contributed by atoms with Crippen molar-refractivity contribution < 1.29 is 33.6 Å². The van der Waals surface area contributed by atoms with E-state index in [1.165, 1.54) is 35.5 Å². The molecule has 1 N–H and O–H groups in total. The van der Waals surface area contributed by atoms with E-state index in [1.807, 2.05) is 0 Å². The first kappa shape index (κ1) is 27.4. The van der Waals surface area contributed by atoms with Crippen molar-refractivity contribution in [3.8, 4) is 11.1 Å². The standard InChI is InChI=1S/C28H22FN7O7/c29-24-11-18(35-15-21(42-28(35)39)14-34-8-7-31-33-34)2-4-22(24)16-1-6-25(30-13-16)26-12-20(43-32-26)10-17-9-19(36(40)41)3-5-23(17)27(37)38/h1-9,11,13,20-21H,10,12,14-15H2,(H,37,38)/t20?,21-/m0/s1. The molecule has 0 radical (unpaired) electrons. The van der Waals surface area contributed by atoms with Gasteiger partial charge in [0.05, 0.1) is 41.2 Å². The molecule has 1 saturated heterocycles. The van der Waals surface area contributed by atoms with Gasteiger partial charge in [-0.1, -0.05) is 16.4 Å². The zero-order chi connectivity index (χ0) is 30.1. The van der Waals surface area contributed by atoms with Crippen molar-refractivity contribution in [1.82, 2.24) is 20.0 Å². The molecule has 1 amide bonds. The molecule has 0 saturated carbocycles. The van der Waals surface area contributed by atoms with Gasteiger partial charge in [-0.05, 0) is 35.9 Å². The number of aromatic carboxylic acids is 1. The summed E-state index contributed by atoms with van der Waals surface area (Å²) in [6.07, 6.45) is 3.48. The molecule has 1 unspecified atom stereocenters. The third-order valence-corrected chi connectivity index (χ3v) is 7.08. The predicted octanol–water partition coefficient (Wildman–Crippen LogP) is 3.85. The van der Waals surface area contributed by atoms with E-state index < -0.39 is 35.0 Å². The highest BCUT2D eigenvalue weighted by molar-refractivity contribution is 6.00. The fourth-order valence-electron chi connectivity index (χ4n) is 5.00. The van der Waals surface area contributed by atoms with Gasteiger partial charge in [-0.15, -0.1) is 5.10 Å². The molecule has 2 aliphatic rings. The van der Waals surface area contributed by atoms with E-state index in [2.05, 4.69) is 20.5 Å². The number of carboxylic acid groups (broad SMARTS) is 1. The third kappa shape index (κ3) is 5.72. The number of nitro benzene ring substituents is 1. The van der Waals surface area contributed by atoms with Crippen LogP contribution in [0.1, 0.15) is 28.0 Å². The average molecular weight is 588 g/mol. The van der Waals surface area contributed by atoms with Crippen LogP contribution in [0.4, 0.5) is 20.6 Å². The van der Waals surface area contributed by atoms with Crippen LogP contribution < -0.4 is 4.90 Å². The number of carboxylic acids is 1. The average Bonchev–Trinajstić information content (AvgIpc) is 3.75. The Hall–Kier alpha value is -5.73. The van der Waals surface area contributed by atoms with Crippen LogP contribution in [0.15, 0.2) is 72.3 Å². The Morgan fingerprint density at radius 3 is 2.72 bits per heavy atom. The summed E-state index contributed by atoms with van der Waals surface area (Å²) in [6, 6.07) is 11.4. The van der Waals surface area contributed by atoms with Crippen molar-refractivity contribution in [2.45, 2.75) is 31.6 Å². The molecule has 43 heavy (non-hydrogen) atoms. The molecule has 0 spiro atoms. The summed E-state index contributed by atoms with van der Waals surface area (Å²) in [5, 5.41) is 32.3. The van der Waals surface area contributed by atoms with Crippen molar-refractivity contribution in [3.05, 3.63) is 99.9 Å². The van der Waals surface area contributed by atoms with E-state index in [4.69, 9.17) is 9.57 Å². The first-order chi connectivity index (χ1) is 20.7. The van der Waals surface area contributed by atoms with Crippen LogP contribution in [0, 0.1) is 15.9 Å². The van der Waals surface area contributed by atoms with E-state index in [0.29, 0.717) is 35.6 Å². The number of nitro groups is 1. The van der Waals surface area contributed by atoms with Gasteiger partial charge in [0.2, 0.25) is 0 Å². The number of anilines is 1. The van der Waals surface area contributed by atoms with E-state index in [9.17, 15) is 24.8 Å². The number of hydrogen-bond donors (Lipinski definition) is 1. The van der Waals surface area contributed by atoms with E-state index in [1.54, 1.807) is 35.1 Å². The second-order valence-corrected chi connectivity index (χ2v) is 9.92. The molecule has 218 valence electrons. The zero-order valence-electron chi connectivity index (χ0n) is 22.2. The van der Waals surface area contributed by atoms with Crippen LogP contribution in [0.3, 0.4) is 0 Å². The predicted molar refractivity (Wildman–Crippen MR) is 147 cm³/mol. The Morgan fingerprint density at radius 1 is 1.16 bits per heavy atom. The number of hydrogen-bond acceptors (Lipinski definition) is 10. The lowest BCUT2D eigenvalue weighted by molar-refractivity contribution is -0.384. The first-order valence-electron chi connectivity index (χ1n) is 13.1. The lowest BCUT2D eigenvalue weighted by Crippen LogP contribution is -2.26. The molecule has 2 aromatic carbocycles. The lowest BCUT2D eigenvalue weighted by atomic mass is 9.97. The first-order valence-corrected chi connectivity index (χ1v) is 13.1. The van der Waals surface area contributed by atoms with Gasteiger partial charge in [0, 0.05) is 48.5 Å². The van der Waals surface area contributed by atoms with Crippen molar-refractivity contribution >= 4 is 29.1 Å². The Morgan fingerprint density at radius 2 is 2.02 bits per heavy atom. The smallest absolute Gasteiger partial charge is 0.414 e. The summed E-state index contributed by atoms with van der Waals surface area (Å²) in [6.45, 7) is 0.563. The molecule has 6 rings (SSSR count). The molecule has 1 fully saturated rings. The van der Waals surface area contributed by atoms with Gasteiger partial charge in [-0.25, -0.2) is 18.7 Å². The van der Waals surface area contributed by atoms with Gasteiger partial charge in [0.15, 0.2) is 0 Å². The lowest BCUT2D eigenvalue weighted by Gasteiger charge is -2.14. The van der Waals surface area contributed by atoms with Crippen LogP contribution in [-0.2, 0) is 22.5 Å². The maximum Gasteiger partial charge on any atom is 0.414 e. The maximum atomic E-state index is 15.2. The number of rotatable bonds is 9. The molecular weight excluding hydrogens is 565 g/mol. The number of oxime groups is 1. The number of halogens is 1. The van der Waals surface area contributed by atoms with E-state index in [-0.39, 0.29) is 35.3 Å². The highest BCUT2D eigenvalue weighted by atomic mass is 19.1. The van der Waals surface area contributed by atoms with Crippen molar-refractivity contribution in [2.24, 2.45) is 5.16 Å². The van der Waals surface area contributed by atoms with Crippen LogP contribution in [0.2, 0.25) is 0 Å². The number of pyridine rings is 1. The number of carbonyl (C=O) groups is 2. The van der Waals surface area contributed by atoms with E-state index in [0.717, 1.165) is 6.07 Å². The molecule has 2 aromatic heterocycles. The number of aromatic nitrogens is 4. The Balaban J connectivity index is 1.11. The van der Waals surface area contributed by atoms with Crippen LogP contribution in [0.5, 0.6) is 0 Å². The number of benzene rings is 2. The van der Waals surface area contributed by atoms with Crippen molar-refractivity contribution in [1.29, 1.82) is 0 Å². The molecule has 4 aromatic rings. The summed E-state index contributed by atoms with van der Waals surface area (Å²) in [5.74, 6) is -1.75. The van der Waals surface area contributed by atoms with Crippen molar-refractivity contribution in [2.75, 3.05) is 11.4 Å². The molecule has 2 atom stereocenters. The number of cyclic esters (lactones) is 1. The summed E-state index contributed by atoms with van der Waals surface area (Å²) < 4.78 is 22.1. The number of ether oxygens (including phenoxy) is 1. The second kappa shape index (κ2) is 11.3. The summed E-state index contributed by atoms with van der Waals surface area (Å²) in [5.41, 5.74) is 2.12. The zero-order valence-corrected chi connectivity index (χ0v) is 22.2. The fraction of sp³-hybridized carbons (Fsp3) is 0.214. The maximum absolute atomic E-state index is 15.2. The van der Waals surface area contributed by atoms with Gasteiger partial charge >= 0.3 is 12.1 Å². The minimum atomic E-state index is -1.20. The highest BCUT2D eigenvalue weighted by Crippen LogP contribution is 2.30. The molecule has 0 aliphatic carbocycles. The van der Waals surface area contributed by atoms with Gasteiger partial charge in [-0.3, -0.25) is 20.0 Å². The third-order valence-electron chi connectivity index (χ3n) is 7.08. The molecule has 4 heterocycles. The SMILES string of the molecule is O=C(O)c1ccc([N+](=O)[O-])cc1CC1CC(c2ccc(-c3ccc(N4C[C@H](Cn5ccnn5)OC4=O)cc3F)cn2)=NO1. The molecule has 2 aliphatic heterocycles.